The monoisotopic (exact) mass is 350 g/mol. The number of carbonyl (C=O) groups is 1. The van der Waals surface area contributed by atoms with Crippen molar-refractivity contribution in [3.8, 4) is 0 Å². The van der Waals surface area contributed by atoms with E-state index >= 15 is 0 Å². The molecule has 1 aromatic carbocycles. The Bertz CT molecular complexity index is 639. The Kier molecular flexibility index (Phi) is 4.19. The van der Waals surface area contributed by atoms with Gasteiger partial charge in [-0.25, -0.2) is 0 Å². The number of halogens is 1. The van der Waals surface area contributed by atoms with Crippen molar-refractivity contribution in [1.82, 2.24) is 5.32 Å². The molecular formula is C15H15BrN2OS. The predicted molar refractivity (Wildman–Crippen MR) is 86.0 cm³/mol. The lowest BCUT2D eigenvalue weighted by Gasteiger charge is -2.07. The summed E-state index contributed by atoms with van der Waals surface area (Å²) < 4.78 is 1.12. The van der Waals surface area contributed by atoms with Crippen molar-refractivity contribution in [2.24, 2.45) is 0 Å². The first kappa shape index (κ1) is 13.8. The van der Waals surface area contributed by atoms with Crippen LogP contribution in [0.3, 0.4) is 0 Å². The number of hydrogen-bond acceptors (Lipinski definition) is 3. The van der Waals surface area contributed by atoms with E-state index in [1.807, 2.05) is 11.4 Å². The third-order valence-electron chi connectivity index (χ3n) is 3.44. The second-order valence-electron chi connectivity index (χ2n) is 4.85. The van der Waals surface area contributed by atoms with Crippen LogP contribution in [-0.4, -0.2) is 5.91 Å². The summed E-state index contributed by atoms with van der Waals surface area (Å²) in [5, 5.41) is 8.31. The number of thiophene rings is 1. The van der Waals surface area contributed by atoms with E-state index in [0.717, 1.165) is 29.0 Å². The number of nitrogens with one attached hydrogen (secondary N) is 2. The second-order valence-corrected chi connectivity index (χ2v) is 7.09. The van der Waals surface area contributed by atoms with Gasteiger partial charge in [-0.1, -0.05) is 6.07 Å². The molecule has 0 saturated heterocycles. The average Bonchev–Trinajstić information content (AvgIpc) is 3.04. The number of aryl methyl sites for hydroxylation is 1. The van der Waals surface area contributed by atoms with Crippen LogP contribution in [-0.2, 0) is 24.3 Å². The molecule has 1 aromatic heterocycles. The van der Waals surface area contributed by atoms with Gasteiger partial charge in [-0.05, 0) is 62.6 Å². The zero-order valence-electron chi connectivity index (χ0n) is 10.9. The summed E-state index contributed by atoms with van der Waals surface area (Å²) >= 11 is 5.15. The predicted octanol–water partition coefficient (Wildman–Crippen LogP) is 3.69. The van der Waals surface area contributed by atoms with E-state index in [1.165, 1.54) is 16.7 Å². The molecule has 2 aromatic rings. The fraction of sp³-hybridized carbons (Fsp3) is 0.267. The molecule has 0 aliphatic carbocycles. The summed E-state index contributed by atoms with van der Waals surface area (Å²) in [7, 11) is 0. The maximum atomic E-state index is 12.0. The van der Waals surface area contributed by atoms with Gasteiger partial charge in [0.05, 0.1) is 3.79 Å². The highest BCUT2D eigenvalue weighted by atomic mass is 79.9. The third-order valence-corrected chi connectivity index (χ3v) is 5.25. The van der Waals surface area contributed by atoms with E-state index in [4.69, 9.17) is 0 Å². The van der Waals surface area contributed by atoms with Crippen LogP contribution in [0.5, 0.6) is 0 Å². The van der Waals surface area contributed by atoms with Crippen LogP contribution in [0.1, 0.15) is 23.1 Å². The van der Waals surface area contributed by atoms with Crippen LogP contribution in [0.25, 0.3) is 0 Å². The molecule has 2 N–H and O–H groups in total. The lowest BCUT2D eigenvalue weighted by molar-refractivity contribution is -0.116. The van der Waals surface area contributed by atoms with Crippen molar-refractivity contribution in [2.45, 2.75) is 25.9 Å². The quantitative estimate of drug-likeness (QED) is 0.882. The zero-order chi connectivity index (χ0) is 13.9. The fourth-order valence-corrected chi connectivity index (χ4v) is 3.67. The van der Waals surface area contributed by atoms with Gasteiger partial charge in [0, 0.05) is 25.2 Å². The first-order chi connectivity index (χ1) is 9.72. The van der Waals surface area contributed by atoms with Gasteiger partial charge < -0.3 is 10.6 Å². The lowest BCUT2D eigenvalue weighted by atomic mass is 10.1. The van der Waals surface area contributed by atoms with E-state index in [0.29, 0.717) is 6.42 Å². The van der Waals surface area contributed by atoms with Crippen molar-refractivity contribution in [3.05, 3.63) is 50.1 Å². The van der Waals surface area contributed by atoms with Crippen LogP contribution in [0.15, 0.2) is 33.4 Å². The Morgan fingerprint density at radius 3 is 2.95 bits per heavy atom. The minimum Gasteiger partial charge on any atom is -0.326 e. The van der Waals surface area contributed by atoms with Gasteiger partial charge in [0.1, 0.15) is 0 Å². The van der Waals surface area contributed by atoms with Crippen LogP contribution in [0, 0.1) is 0 Å². The van der Waals surface area contributed by atoms with Crippen molar-refractivity contribution in [1.29, 1.82) is 0 Å². The lowest BCUT2D eigenvalue weighted by Crippen LogP contribution is -2.12. The second kappa shape index (κ2) is 6.08. The minimum atomic E-state index is 0.0639. The molecule has 3 rings (SSSR count). The number of hydrogen-bond donors (Lipinski definition) is 2. The number of amides is 1. The van der Waals surface area contributed by atoms with E-state index in [1.54, 1.807) is 11.3 Å². The molecule has 1 aliphatic heterocycles. The Labute approximate surface area is 130 Å². The molecule has 1 aliphatic rings. The molecule has 104 valence electrons. The smallest absolute Gasteiger partial charge is 0.224 e. The summed E-state index contributed by atoms with van der Waals surface area (Å²) in [5.41, 5.74) is 4.69. The molecule has 5 heteroatoms. The van der Waals surface area contributed by atoms with Crippen LogP contribution < -0.4 is 10.6 Å². The number of benzene rings is 1. The van der Waals surface area contributed by atoms with Gasteiger partial charge in [-0.2, -0.15) is 0 Å². The first-order valence-electron chi connectivity index (χ1n) is 6.56. The summed E-state index contributed by atoms with van der Waals surface area (Å²) in [4.78, 5) is 12.0. The standard InChI is InChI=1S/C15H15BrN2OS/c16-15-10(5-6-20-15)2-4-14(19)18-13-3-1-11-8-17-9-12(11)7-13/h1,3,5-7,17H,2,4,8-9H2,(H,18,19). The highest BCUT2D eigenvalue weighted by Gasteiger charge is 2.11. The Balaban J connectivity index is 1.58. The Hall–Kier alpha value is -1.17. The summed E-state index contributed by atoms with van der Waals surface area (Å²) in [6, 6.07) is 8.18. The number of anilines is 1. The number of carbonyl (C=O) groups excluding carboxylic acids is 1. The molecule has 2 heterocycles. The first-order valence-corrected chi connectivity index (χ1v) is 8.24. The maximum absolute atomic E-state index is 12.0. The normalized spacial score (nSPS) is 13.2. The molecule has 0 saturated carbocycles. The van der Waals surface area contributed by atoms with Crippen molar-refractivity contribution in [3.63, 3.8) is 0 Å². The van der Waals surface area contributed by atoms with Crippen molar-refractivity contribution >= 4 is 38.9 Å². The molecule has 3 nitrogen and oxygen atoms in total. The molecule has 0 fully saturated rings. The van der Waals surface area contributed by atoms with Crippen molar-refractivity contribution < 1.29 is 4.79 Å². The van der Waals surface area contributed by atoms with Gasteiger partial charge in [-0.3, -0.25) is 4.79 Å². The fourth-order valence-electron chi connectivity index (χ4n) is 2.34. The topological polar surface area (TPSA) is 41.1 Å². The van der Waals surface area contributed by atoms with E-state index < -0.39 is 0 Å². The summed E-state index contributed by atoms with van der Waals surface area (Å²) in [5.74, 6) is 0.0639. The van der Waals surface area contributed by atoms with Crippen LogP contribution >= 0.6 is 27.3 Å². The molecule has 0 radical (unpaired) electrons. The van der Waals surface area contributed by atoms with E-state index in [-0.39, 0.29) is 5.91 Å². The average molecular weight is 351 g/mol. The van der Waals surface area contributed by atoms with Gasteiger partial charge in [0.2, 0.25) is 5.91 Å². The molecule has 0 unspecified atom stereocenters. The highest BCUT2D eigenvalue weighted by molar-refractivity contribution is 9.11. The van der Waals surface area contributed by atoms with Gasteiger partial charge >= 0.3 is 0 Å². The molecule has 0 bridgehead atoms. The van der Waals surface area contributed by atoms with Crippen LogP contribution in [0.4, 0.5) is 5.69 Å². The molecule has 0 spiro atoms. The summed E-state index contributed by atoms with van der Waals surface area (Å²) in [6.45, 7) is 1.82. The molecule has 0 atom stereocenters. The maximum Gasteiger partial charge on any atom is 0.224 e. The van der Waals surface area contributed by atoms with E-state index in [2.05, 4.69) is 44.8 Å². The Morgan fingerprint density at radius 1 is 1.30 bits per heavy atom. The Morgan fingerprint density at radius 2 is 2.15 bits per heavy atom. The number of fused-ring (bicyclic) bond motifs is 1. The molecule has 1 amide bonds. The van der Waals surface area contributed by atoms with Gasteiger partial charge in [-0.15, -0.1) is 11.3 Å². The van der Waals surface area contributed by atoms with Gasteiger partial charge in [0.15, 0.2) is 0 Å². The summed E-state index contributed by atoms with van der Waals surface area (Å²) in [6.07, 6.45) is 1.27. The van der Waals surface area contributed by atoms with Gasteiger partial charge in [0.25, 0.3) is 0 Å². The minimum absolute atomic E-state index is 0.0639. The zero-order valence-corrected chi connectivity index (χ0v) is 13.3. The number of rotatable bonds is 4. The SMILES string of the molecule is O=C(CCc1ccsc1Br)Nc1ccc2c(c1)CNC2. The molecule has 20 heavy (non-hydrogen) atoms. The third kappa shape index (κ3) is 3.11. The largest absolute Gasteiger partial charge is 0.326 e. The van der Waals surface area contributed by atoms with E-state index in [9.17, 15) is 4.79 Å². The van der Waals surface area contributed by atoms with Crippen molar-refractivity contribution in [2.75, 3.05) is 5.32 Å². The molecular weight excluding hydrogens is 336 g/mol. The highest BCUT2D eigenvalue weighted by Crippen LogP contribution is 2.25. The van der Waals surface area contributed by atoms with Crippen LogP contribution in [0.2, 0.25) is 0 Å².